The normalized spacial score (nSPS) is 11.2. The van der Waals surface area contributed by atoms with Crippen molar-refractivity contribution in [3.63, 3.8) is 0 Å². The maximum atomic E-state index is 8.99. The summed E-state index contributed by atoms with van der Waals surface area (Å²) in [6.07, 6.45) is 2.80. The molecule has 21 heavy (non-hydrogen) atoms. The van der Waals surface area contributed by atoms with E-state index in [1.165, 1.54) is 0 Å². The number of hydrogen-bond donors (Lipinski definition) is 1. The maximum Gasteiger partial charge on any atom is 0.123 e. The Morgan fingerprint density at radius 1 is 1.38 bits per heavy atom. The van der Waals surface area contributed by atoms with Gasteiger partial charge in [-0.1, -0.05) is 18.5 Å². The Bertz CT molecular complexity index is 480. The lowest BCUT2D eigenvalue weighted by molar-refractivity contribution is 0.281. The zero-order valence-corrected chi connectivity index (χ0v) is 14.0. The fourth-order valence-electron chi connectivity index (χ4n) is 1.98. The first kappa shape index (κ1) is 17.8. The third-order valence-corrected chi connectivity index (χ3v) is 3.51. The predicted octanol–water partition coefficient (Wildman–Crippen LogP) is 4.55. The molecule has 0 fully saturated rings. The summed E-state index contributed by atoms with van der Waals surface area (Å²) in [6.45, 7) is 8.40. The van der Waals surface area contributed by atoms with Crippen molar-refractivity contribution in [2.45, 2.75) is 46.6 Å². The van der Waals surface area contributed by atoms with Crippen molar-refractivity contribution < 1.29 is 4.74 Å². The van der Waals surface area contributed by atoms with Gasteiger partial charge in [0.15, 0.2) is 0 Å². The van der Waals surface area contributed by atoms with Gasteiger partial charge in [0.05, 0.1) is 18.1 Å². The largest absolute Gasteiger partial charge is 0.493 e. The zero-order valence-electron chi connectivity index (χ0n) is 13.2. The molecule has 1 N–H and O–H groups in total. The first-order chi connectivity index (χ1) is 9.98. The van der Waals surface area contributed by atoms with Crippen LogP contribution in [0.1, 0.15) is 45.6 Å². The molecule has 0 atom stereocenters. The monoisotopic (exact) mass is 308 g/mol. The highest BCUT2D eigenvalue weighted by Gasteiger charge is 2.15. The molecule has 0 unspecified atom stereocenters. The van der Waals surface area contributed by atoms with Gasteiger partial charge >= 0.3 is 0 Å². The van der Waals surface area contributed by atoms with Gasteiger partial charge in [-0.25, -0.2) is 0 Å². The number of halogens is 1. The molecule has 1 rings (SSSR count). The molecule has 0 aliphatic carbocycles. The van der Waals surface area contributed by atoms with Crippen LogP contribution < -0.4 is 10.1 Å². The first-order valence-corrected chi connectivity index (χ1v) is 7.89. The van der Waals surface area contributed by atoms with Crippen LogP contribution in [0.2, 0.25) is 5.02 Å². The minimum atomic E-state index is -0.283. The minimum Gasteiger partial charge on any atom is -0.493 e. The van der Waals surface area contributed by atoms with E-state index in [1.807, 2.05) is 32.0 Å². The van der Waals surface area contributed by atoms with Crippen molar-refractivity contribution in [2.75, 3.05) is 13.2 Å². The Balaban J connectivity index is 2.52. The summed E-state index contributed by atoms with van der Waals surface area (Å²) >= 11 is 6.05. The first-order valence-electron chi connectivity index (χ1n) is 7.51. The summed E-state index contributed by atoms with van der Waals surface area (Å²) in [7, 11) is 0. The number of nitrogens with zero attached hydrogens (tertiary/aromatic N) is 1. The van der Waals surface area contributed by atoms with Gasteiger partial charge in [0.25, 0.3) is 0 Å². The van der Waals surface area contributed by atoms with Gasteiger partial charge in [-0.3, -0.25) is 0 Å². The lowest BCUT2D eigenvalue weighted by Crippen LogP contribution is -2.15. The number of hydrogen-bond acceptors (Lipinski definition) is 3. The van der Waals surface area contributed by atoms with Gasteiger partial charge in [-0.15, -0.1) is 0 Å². The number of nitrogens with one attached hydrogen (secondary N) is 1. The molecule has 0 amide bonds. The van der Waals surface area contributed by atoms with Crippen LogP contribution in [0.15, 0.2) is 18.2 Å². The number of ether oxygens (including phenoxy) is 1. The van der Waals surface area contributed by atoms with Crippen molar-refractivity contribution in [1.29, 1.82) is 5.26 Å². The lowest BCUT2D eigenvalue weighted by Gasteiger charge is -2.16. The molecule has 1 aromatic carbocycles. The van der Waals surface area contributed by atoms with Crippen LogP contribution in [0, 0.1) is 16.7 Å². The average Bonchev–Trinajstić information content (AvgIpc) is 2.45. The van der Waals surface area contributed by atoms with Gasteiger partial charge in [-0.05, 0) is 57.9 Å². The molecule has 0 aliphatic rings. The van der Waals surface area contributed by atoms with Crippen LogP contribution >= 0.6 is 11.6 Å². The van der Waals surface area contributed by atoms with Gasteiger partial charge in [0.2, 0.25) is 0 Å². The van der Waals surface area contributed by atoms with E-state index >= 15 is 0 Å². The molecular formula is C17H25ClN2O. The second kappa shape index (κ2) is 8.92. The molecule has 3 nitrogen and oxygen atoms in total. The minimum absolute atomic E-state index is 0.283. The van der Waals surface area contributed by atoms with Crippen LogP contribution in [0.4, 0.5) is 0 Å². The third kappa shape index (κ3) is 6.84. The molecule has 0 saturated carbocycles. The van der Waals surface area contributed by atoms with Crippen LogP contribution in [0.25, 0.3) is 0 Å². The summed E-state index contributed by atoms with van der Waals surface area (Å²) < 4.78 is 5.85. The maximum absolute atomic E-state index is 8.99. The highest BCUT2D eigenvalue weighted by atomic mass is 35.5. The van der Waals surface area contributed by atoms with E-state index < -0.39 is 0 Å². The fourth-order valence-corrected chi connectivity index (χ4v) is 2.17. The van der Waals surface area contributed by atoms with Gasteiger partial charge < -0.3 is 10.1 Å². The standard InChI is InChI=1S/C17H25ClN2O/c1-4-9-20-12-14-11-15(18)6-7-16(14)21-10-5-8-17(2,3)13-19/h6-7,11,20H,4-5,8-10,12H2,1-3H3. The average molecular weight is 309 g/mol. The predicted molar refractivity (Wildman–Crippen MR) is 87.6 cm³/mol. The van der Waals surface area contributed by atoms with E-state index in [0.717, 1.165) is 48.7 Å². The van der Waals surface area contributed by atoms with Crippen LogP contribution in [0.3, 0.4) is 0 Å². The lowest BCUT2D eigenvalue weighted by atomic mass is 9.90. The smallest absolute Gasteiger partial charge is 0.123 e. The summed E-state index contributed by atoms with van der Waals surface area (Å²) in [5, 5.41) is 13.1. The van der Waals surface area contributed by atoms with E-state index in [9.17, 15) is 0 Å². The summed E-state index contributed by atoms with van der Waals surface area (Å²) in [5.41, 5.74) is 0.796. The van der Waals surface area contributed by atoms with Crippen molar-refractivity contribution >= 4 is 11.6 Å². The number of rotatable bonds is 9. The Kier molecular flexibility index (Phi) is 7.56. The molecule has 0 aliphatic heterocycles. The van der Waals surface area contributed by atoms with E-state index in [1.54, 1.807) is 0 Å². The SMILES string of the molecule is CCCNCc1cc(Cl)ccc1OCCCC(C)(C)C#N. The summed E-state index contributed by atoms with van der Waals surface area (Å²) in [5.74, 6) is 0.873. The van der Waals surface area contributed by atoms with Crippen LogP contribution in [-0.4, -0.2) is 13.2 Å². The molecule has 4 heteroatoms. The van der Waals surface area contributed by atoms with Crippen molar-refractivity contribution in [2.24, 2.45) is 5.41 Å². The van der Waals surface area contributed by atoms with E-state index in [4.69, 9.17) is 21.6 Å². The van der Waals surface area contributed by atoms with Crippen molar-refractivity contribution in [1.82, 2.24) is 5.32 Å². The molecule has 0 radical (unpaired) electrons. The highest BCUT2D eigenvalue weighted by Crippen LogP contribution is 2.24. The van der Waals surface area contributed by atoms with Gasteiger partial charge in [-0.2, -0.15) is 5.26 Å². The molecular weight excluding hydrogens is 284 g/mol. The molecule has 1 aromatic rings. The Hall–Kier alpha value is -1.24. The number of benzene rings is 1. The third-order valence-electron chi connectivity index (χ3n) is 3.27. The summed E-state index contributed by atoms with van der Waals surface area (Å²) in [6, 6.07) is 8.02. The highest BCUT2D eigenvalue weighted by molar-refractivity contribution is 6.30. The van der Waals surface area contributed by atoms with Crippen LogP contribution in [-0.2, 0) is 6.54 Å². The molecule has 0 bridgehead atoms. The fraction of sp³-hybridized carbons (Fsp3) is 0.588. The molecule has 0 aromatic heterocycles. The second-order valence-corrected chi connectivity index (χ2v) is 6.31. The number of nitriles is 1. The van der Waals surface area contributed by atoms with Crippen molar-refractivity contribution in [3.8, 4) is 11.8 Å². The molecule has 0 saturated heterocycles. The Labute approximate surface area is 133 Å². The van der Waals surface area contributed by atoms with E-state index in [2.05, 4.69) is 18.3 Å². The Morgan fingerprint density at radius 2 is 2.14 bits per heavy atom. The van der Waals surface area contributed by atoms with E-state index in [0.29, 0.717) is 6.61 Å². The topological polar surface area (TPSA) is 45.0 Å². The molecule has 0 heterocycles. The molecule has 0 spiro atoms. The Morgan fingerprint density at radius 3 is 2.81 bits per heavy atom. The van der Waals surface area contributed by atoms with Crippen LogP contribution in [0.5, 0.6) is 5.75 Å². The van der Waals surface area contributed by atoms with Crippen molar-refractivity contribution in [3.05, 3.63) is 28.8 Å². The summed E-state index contributed by atoms with van der Waals surface area (Å²) in [4.78, 5) is 0. The quantitative estimate of drug-likeness (QED) is 0.681. The molecule has 116 valence electrons. The zero-order chi connectivity index (χ0) is 15.7. The van der Waals surface area contributed by atoms with Gasteiger partial charge in [0, 0.05) is 17.1 Å². The second-order valence-electron chi connectivity index (χ2n) is 5.88. The van der Waals surface area contributed by atoms with E-state index in [-0.39, 0.29) is 5.41 Å². The van der Waals surface area contributed by atoms with Gasteiger partial charge in [0.1, 0.15) is 5.75 Å².